The number of hydrogen-bond acceptors (Lipinski definition) is 6. The molecule has 0 bridgehead atoms. The highest BCUT2D eigenvalue weighted by molar-refractivity contribution is 5.99. The lowest BCUT2D eigenvalue weighted by Gasteiger charge is -2.07. The Morgan fingerprint density at radius 1 is 1.12 bits per heavy atom. The fourth-order valence-electron chi connectivity index (χ4n) is 2.03. The molecule has 0 spiro atoms. The third kappa shape index (κ3) is 4.71. The average Bonchev–Trinajstić information content (AvgIpc) is 2.59. The van der Waals surface area contributed by atoms with E-state index in [1.807, 2.05) is 0 Å². The molecule has 0 aromatic heterocycles. The number of anilines is 1. The molecule has 128 valence electrons. The van der Waals surface area contributed by atoms with Crippen molar-refractivity contribution in [3.8, 4) is 0 Å². The molecule has 0 fully saturated rings. The van der Waals surface area contributed by atoms with Crippen LogP contribution in [0.4, 0.5) is 11.4 Å². The Morgan fingerprint density at radius 3 is 2.52 bits per heavy atom. The van der Waals surface area contributed by atoms with Gasteiger partial charge < -0.3 is 10.1 Å². The number of nitro groups is 1. The summed E-state index contributed by atoms with van der Waals surface area (Å²) in [4.78, 5) is 45.2. The van der Waals surface area contributed by atoms with E-state index in [1.54, 1.807) is 18.2 Å². The first-order valence-corrected chi connectivity index (χ1v) is 7.20. The van der Waals surface area contributed by atoms with Crippen LogP contribution in [0.25, 0.3) is 0 Å². The lowest BCUT2D eigenvalue weighted by molar-refractivity contribution is -0.385. The van der Waals surface area contributed by atoms with Gasteiger partial charge in [-0.2, -0.15) is 0 Å². The lowest BCUT2D eigenvalue weighted by atomic mass is 10.1. The number of hydrogen-bond donors (Lipinski definition) is 1. The highest BCUT2D eigenvalue weighted by Crippen LogP contribution is 2.18. The monoisotopic (exact) mass is 342 g/mol. The number of para-hydroxylation sites is 1. The molecule has 1 N–H and O–H groups in total. The number of nitro benzene ring substituents is 1. The van der Waals surface area contributed by atoms with Gasteiger partial charge in [0.05, 0.1) is 4.92 Å². The summed E-state index contributed by atoms with van der Waals surface area (Å²) in [5.41, 5.74) is 0.162. The first-order valence-electron chi connectivity index (χ1n) is 7.20. The zero-order valence-electron chi connectivity index (χ0n) is 13.2. The number of ether oxygens (including phenoxy) is 1. The molecule has 0 aliphatic carbocycles. The van der Waals surface area contributed by atoms with Gasteiger partial charge in [0.15, 0.2) is 12.4 Å². The number of nitrogens with zero attached hydrogens (tertiary/aromatic N) is 1. The van der Waals surface area contributed by atoms with E-state index in [9.17, 15) is 24.5 Å². The molecule has 0 unspecified atom stereocenters. The normalized spacial score (nSPS) is 9.96. The molecule has 2 aromatic rings. The molecule has 0 atom stereocenters. The largest absolute Gasteiger partial charge is 0.452 e. The van der Waals surface area contributed by atoms with Gasteiger partial charge in [0.1, 0.15) is 5.56 Å². The standard InChI is InChI=1S/C17H14N2O6/c1-11(20)12-5-4-6-13(9-12)18-16(21)10-25-17(22)14-7-2-3-8-15(14)19(23)24/h2-9H,10H2,1H3,(H,18,21). The zero-order valence-corrected chi connectivity index (χ0v) is 13.2. The zero-order chi connectivity index (χ0) is 18.4. The van der Waals surface area contributed by atoms with Crippen molar-refractivity contribution < 1.29 is 24.0 Å². The Hall–Kier alpha value is -3.55. The summed E-state index contributed by atoms with van der Waals surface area (Å²) in [6.07, 6.45) is 0. The highest BCUT2D eigenvalue weighted by atomic mass is 16.6. The van der Waals surface area contributed by atoms with Gasteiger partial charge in [-0.05, 0) is 25.1 Å². The van der Waals surface area contributed by atoms with Crippen molar-refractivity contribution in [2.45, 2.75) is 6.92 Å². The minimum absolute atomic E-state index is 0.154. The molecule has 0 radical (unpaired) electrons. The Labute approximate surface area is 142 Å². The number of rotatable bonds is 6. The highest BCUT2D eigenvalue weighted by Gasteiger charge is 2.21. The Morgan fingerprint density at radius 2 is 1.84 bits per heavy atom. The van der Waals surface area contributed by atoms with Crippen LogP contribution in [0.2, 0.25) is 0 Å². The van der Waals surface area contributed by atoms with E-state index in [0.29, 0.717) is 11.3 Å². The second-order valence-electron chi connectivity index (χ2n) is 5.04. The lowest BCUT2D eigenvalue weighted by Crippen LogP contribution is -2.21. The SMILES string of the molecule is CC(=O)c1cccc(NC(=O)COC(=O)c2ccccc2[N+](=O)[O-])c1. The van der Waals surface area contributed by atoms with Gasteiger partial charge in [-0.3, -0.25) is 19.7 Å². The topological polar surface area (TPSA) is 116 Å². The van der Waals surface area contributed by atoms with Gasteiger partial charge in [0.25, 0.3) is 11.6 Å². The van der Waals surface area contributed by atoms with Crippen LogP contribution in [0.15, 0.2) is 48.5 Å². The molecule has 0 saturated heterocycles. The number of esters is 1. The molecule has 0 aliphatic heterocycles. The second kappa shape index (κ2) is 7.82. The Bertz CT molecular complexity index is 847. The van der Waals surface area contributed by atoms with Crippen LogP contribution in [0.3, 0.4) is 0 Å². The molecule has 2 rings (SSSR count). The van der Waals surface area contributed by atoms with E-state index in [1.165, 1.54) is 37.3 Å². The van der Waals surface area contributed by atoms with Gasteiger partial charge in [-0.1, -0.05) is 24.3 Å². The smallest absolute Gasteiger partial charge is 0.345 e. The molecule has 25 heavy (non-hydrogen) atoms. The fourth-order valence-corrected chi connectivity index (χ4v) is 2.03. The minimum Gasteiger partial charge on any atom is -0.452 e. The number of nitrogens with one attached hydrogen (secondary N) is 1. The fraction of sp³-hybridized carbons (Fsp3) is 0.118. The summed E-state index contributed by atoms with van der Waals surface area (Å²) < 4.78 is 4.81. The quantitative estimate of drug-likeness (QED) is 0.373. The first-order chi connectivity index (χ1) is 11.9. The second-order valence-corrected chi connectivity index (χ2v) is 5.04. The van der Waals surface area contributed by atoms with Crippen LogP contribution in [0.1, 0.15) is 27.6 Å². The first kappa shape index (κ1) is 17.8. The number of Topliss-reactive ketones (excluding diaryl/α,β-unsaturated/α-hetero) is 1. The Balaban J connectivity index is 1.98. The molecular weight excluding hydrogens is 328 g/mol. The van der Waals surface area contributed by atoms with Gasteiger partial charge in [-0.15, -0.1) is 0 Å². The van der Waals surface area contributed by atoms with Gasteiger partial charge in [-0.25, -0.2) is 4.79 Å². The number of ketones is 1. The predicted octanol–water partition coefficient (Wildman–Crippen LogP) is 2.59. The van der Waals surface area contributed by atoms with E-state index < -0.39 is 29.1 Å². The van der Waals surface area contributed by atoms with Crippen LogP contribution < -0.4 is 5.32 Å². The molecule has 0 heterocycles. The summed E-state index contributed by atoms with van der Waals surface area (Å²) >= 11 is 0. The number of carbonyl (C=O) groups excluding carboxylic acids is 3. The van der Waals surface area contributed by atoms with E-state index in [2.05, 4.69) is 5.32 Å². The maximum atomic E-state index is 11.9. The molecular formula is C17H14N2O6. The third-order valence-corrected chi connectivity index (χ3v) is 3.21. The summed E-state index contributed by atoms with van der Waals surface area (Å²) in [7, 11) is 0. The summed E-state index contributed by atoms with van der Waals surface area (Å²) in [6, 6.07) is 11.6. The molecule has 2 aromatic carbocycles. The predicted molar refractivity (Wildman–Crippen MR) is 88.5 cm³/mol. The van der Waals surface area contributed by atoms with Gasteiger partial charge >= 0.3 is 5.97 Å². The molecule has 8 nitrogen and oxygen atoms in total. The minimum atomic E-state index is -0.972. The van der Waals surface area contributed by atoms with Crippen molar-refractivity contribution in [2.75, 3.05) is 11.9 Å². The third-order valence-electron chi connectivity index (χ3n) is 3.21. The van der Waals surface area contributed by atoms with Crippen LogP contribution in [-0.2, 0) is 9.53 Å². The van der Waals surface area contributed by atoms with Crippen LogP contribution in [0.5, 0.6) is 0 Å². The van der Waals surface area contributed by atoms with Crippen LogP contribution >= 0.6 is 0 Å². The number of benzene rings is 2. The van der Waals surface area contributed by atoms with E-state index in [-0.39, 0.29) is 11.3 Å². The van der Waals surface area contributed by atoms with Crippen molar-refractivity contribution in [1.29, 1.82) is 0 Å². The van der Waals surface area contributed by atoms with E-state index >= 15 is 0 Å². The number of carbonyl (C=O) groups is 3. The van der Waals surface area contributed by atoms with Crippen molar-refractivity contribution in [1.82, 2.24) is 0 Å². The van der Waals surface area contributed by atoms with Gasteiger partial charge in [0.2, 0.25) is 0 Å². The average molecular weight is 342 g/mol. The maximum absolute atomic E-state index is 11.9. The number of amides is 1. The summed E-state index contributed by atoms with van der Waals surface area (Å²) in [5.74, 6) is -1.76. The van der Waals surface area contributed by atoms with Crippen molar-refractivity contribution in [2.24, 2.45) is 0 Å². The maximum Gasteiger partial charge on any atom is 0.345 e. The summed E-state index contributed by atoms with van der Waals surface area (Å²) in [6.45, 7) is 0.782. The van der Waals surface area contributed by atoms with Crippen molar-refractivity contribution >= 4 is 29.0 Å². The van der Waals surface area contributed by atoms with E-state index in [0.717, 1.165) is 0 Å². The molecule has 8 heteroatoms. The molecule has 1 amide bonds. The van der Waals surface area contributed by atoms with Crippen molar-refractivity contribution in [3.63, 3.8) is 0 Å². The van der Waals surface area contributed by atoms with Crippen molar-refractivity contribution in [3.05, 3.63) is 69.8 Å². The Kier molecular flexibility index (Phi) is 5.57. The van der Waals surface area contributed by atoms with E-state index in [4.69, 9.17) is 4.74 Å². The van der Waals surface area contributed by atoms with Crippen LogP contribution in [-0.4, -0.2) is 29.2 Å². The van der Waals surface area contributed by atoms with Crippen LogP contribution in [0, 0.1) is 10.1 Å². The molecule has 0 aliphatic rings. The van der Waals surface area contributed by atoms with Gasteiger partial charge in [0, 0.05) is 17.3 Å². The molecule has 0 saturated carbocycles. The summed E-state index contributed by atoms with van der Waals surface area (Å²) in [5, 5.41) is 13.4.